The fourth-order valence-electron chi connectivity index (χ4n) is 3.64. The maximum absolute atomic E-state index is 13.6. The first-order valence-corrected chi connectivity index (χ1v) is 10.2. The lowest BCUT2D eigenvalue weighted by molar-refractivity contribution is 0.0350. The molecule has 1 saturated heterocycles. The van der Waals surface area contributed by atoms with Crippen molar-refractivity contribution >= 4 is 11.8 Å². The lowest BCUT2D eigenvalue weighted by atomic mass is 10.1. The van der Waals surface area contributed by atoms with Gasteiger partial charge in [0.25, 0.3) is 5.56 Å². The number of ether oxygens (including phenoxy) is 1. The van der Waals surface area contributed by atoms with Gasteiger partial charge in [0.05, 0.1) is 12.2 Å². The molecule has 2 aromatic carbocycles. The van der Waals surface area contributed by atoms with Crippen molar-refractivity contribution in [3.05, 3.63) is 82.1 Å². The maximum Gasteiger partial charge on any atom is 0.413 e. The molecule has 1 atom stereocenters. The molecule has 0 bridgehead atoms. The fourth-order valence-corrected chi connectivity index (χ4v) is 3.64. The molecule has 1 amide bonds. The minimum atomic E-state index is -0.728. The van der Waals surface area contributed by atoms with E-state index in [4.69, 9.17) is 4.74 Å². The molecule has 0 radical (unpaired) electrons. The number of anilines is 1. The molecule has 1 aliphatic rings. The zero-order valence-electron chi connectivity index (χ0n) is 17.4. The Kier molecular flexibility index (Phi) is 6.27. The normalized spacial score (nSPS) is 16.2. The number of amides is 1. The van der Waals surface area contributed by atoms with Crippen molar-refractivity contribution in [2.45, 2.75) is 25.6 Å². The molecule has 32 heavy (non-hydrogen) atoms. The molecule has 1 unspecified atom stereocenters. The number of nitrogens with one attached hydrogen (secondary N) is 1. The first kappa shape index (κ1) is 21.6. The van der Waals surface area contributed by atoms with Crippen molar-refractivity contribution in [2.75, 3.05) is 18.9 Å². The second-order valence-electron chi connectivity index (χ2n) is 7.68. The Morgan fingerprint density at radius 1 is 1.16 bits per heavy atom. The van der Waals surface area contributed by atoms with Gasteiger partial charge in [0.1, 0.15) is 11.6 Å². The Hall–Kier alpha value is -3.59. The van der Waals surface area contributed by atoms with Gasteiger partial charge in [0, 0.05) is 29.9 Å². The Labute approximate surface area is 183 Å². The number of carbonyl (C=O) groups is 1. The highest BCUT2D eigenvalue weighted by atomic mass is 19.1. The number of carbonyl (C=O) groups excluding carboxylic acids is 1. The van der Waals surface area contributed by atoms with Gasteiger partial charge in [-0.3, -0.25) is 15.0 Å². The third-order valence-electron chi connectivity index (χ3n) is 5.23. The van der Waals surface area contributed by atoms with Gasteiger partial charge in [-0.2, -0.15) is 5.10 Å². The van der Waals surface area contributed by atoms with Crippen molar-refractivity contribution < 1.29 is 18.3 Å². The highest BCUT2D eigenvalue weighted by Crippen LogP contribution is 2.20. The van der Waals surface area contributed by atoms with Crippen LogP contribution in [0.4, 0.5) is 19.3 Å². The number of nitrogens with zero attached hydrogens (tertiary/aromatic N) is 3. The predicted octanol–water partition coefficient (Wildman–Crippen LogP) is 3.84. The monoisotopic (exact) mass is 440 g/mol. The number of rotatable bonds is 5. The minimum Gasteiger partial charge on any atom is -0.430 e. The SMILES string of the molecule is CN1CCCC1OC(=O)Nc1cccc(Cn2nc(-c3cc(F)cc(F)c3)ccc2=O)c1. The molecule has 1 N–H and O–H groups in total. The van der Waals surface area contributed by atoms with Crippen LogP contribution in [0.3, 0.4) is 0 Å². The number of hydrogen-bond acceptors (Lipinski definition) is 5. The van der Waals surface area contributed by atoms with Crippen molar-refractivity contribution in [1.29, 1.82) is 0 Å². The van der Waals surface area contributed by atoms with Crippen LogP contribution in [0.5, 0.6) is 0 Å². The molecule has 2 heterocycles. The van der Waals surface area contributed by atoms with E-state index in [0.717, 1.165) is 37.6 Å². The summed E-state index contributed by atoms with van der Waals surface area (Å²) in [5.41, 5.74) is 1.35. The quantitative estimate of drug-likeness (QED) is 0.653. The fraction of sp³-hybridized carbons (Fsp3) is 0.261. The van der Waals surface area contributed by atoms with E-state index in [1.807, 2.05) is 11.9 Å². The van der Waals surface area contributed by atoms with Gasteiger partial charge in [-0.25, -0.2) is 18.3 Å². The Bertz CT molecular complexity index is 1180. The van der Waals surface area contributed by atoms with E-state index in [1.54, 1.807) is 24.3 Å². The smallest absolute Gasteiger partial charge is 0.413 e. The third-order valence-corrected chi connectivity index (χ3v) is 5.23. The van der Waals surface area contributed by atoms with Crippen LogP contribution < -0.4 is 10.9 Å². The van der Waals surface area contributed by atoms with Gasteiger partial charge >= 0.3 is 6.09 Å². The third kappa shape index (κ3) is 5.17. The van der Waals surface area contributed by atoms with Crippen molar-refractivity contribution in [1.82, 2.24) is 14.7 Å². The number of aromatic nitrogens is 2. The lowest BCUT2D eigenvalue weighted by Crippen LogP contribution is -2.31. The molecule has 9 heteroatoms. The average molecular weight is 440 g/mol. The molecule has 0 aliphatic carbocycles. The van der Waals surface area contributed by atoms with E-state index >= 15 is 0 Å². The predicted molar refractivity (Wildman–Crippen MR) is 115 cm³/mol. The summed E-state index contributed by atoms with van der Waals surface area (Å²) in [4.78, 5) is 26.5. The van der Waals surface area contributed by atoms with Crippen LogP contribution in [-0.4, -0.2) is 40.6 Å². The summed E-state index contributed by atoms with van der Waals surface area (Å²) in [6, 6.07) is 12.7. The first-order chi connectivity index (χ1) is 15.4. The van der Waals surface area contributed by atoms with Crippen LogP contribution in [0.2, 0.25) is 0 Å². The summed E-state index contributed by atoms with van der Waals surface area (Å²) in [6.07, 6.45) is 0.986. The van der Waals surface area contributed by atoms with E-state index in [2.05, 4.69) is 10.4 Å². The molecule has 1 aromatic heterocycles. The molecule has 0 saturated carbocycles. The second-order valence-corrected chi connectivity index (χ2v) is 7.68. The number of halogens is 2. The van der Waals surface area contributed by atoms with Gasteiger partial charge in [-0.1, -0.05) is 12.1 Å². The molecular formula is C23H22F2N4O3. The summed E-state index contributed by atoms with van der Waals surface area (Å²) >= 11 is 0. The molecule has 0 spiro atoms. The lowest BCUT2D eigenvalue weighted by Gasteiger charge is -2.19. The summed E-state index contributed by atoms with van der Waals surface area (Å²) in [5.74, 6) is -1.46. The van der Waals surface area contributed by atoms with Crippen molar-refractivity contribution in [3.8, 4) is 11.3 Å². The number of hydrogen-bond donors (Lipinski definition) is 1. The molecule has 1 aliphatic heterocycles. The Morgan fingerprint density at radius 3 is 2.66 bits per heavy atom. The Morgan fingerprint density at radius 2 is 1.94 bits per heavy atom. The highest BCUT2D eigenvalue weighted by molar-refractivity contribution is 5.84. The first-order valence-electron chi connectivity index (χ1n) is 10.2. The van der Waals surface area contributed by atoms with Gasteiger partial charge in [0.2, 0.25) is 0 Å². The van der Waals surface area contributed by atoms with E-state index in [1.165, 1.54) is 16.8 Å². The van der Waals surface area contributed by atoms with Gasteiger partial charge in [0.15, 0.2) is 6.23 Å². The van der Waals surface area contributed by atoms with Crippen LogP contribution in [0.1, 0.15) is 18.4 Å². The largest absolute Gasteiger partial charge is 0.430 e. The van der Waals surface area contributed by atoms with Gasteiger partial charge in [-0.05, 0) is 55.8 Å². The zero-order valence-corrected chi connectivity index (χ0v) is 17.4. The zero-order chi connectivity index (χ0) is 22.7. The molecule has 7 nitrogen and oxygen atoms in total. The second kappa shape index (κ2) is 9.27. The van der Waals surface area contributed by atoms with Crippen LogP contribution in [0.15, 0.2) is 59.4 Å². The molecule has 166 valence electrons. The number of benzene rings is 2. The molecule has 3 aromatic rings. The maximum atomic E-state index is 13.6. The summed E-state index contributed by atoms with van der Waals surface area (Å²) in [6.45, 7) is 0.997. The van der Waals surface area contributed by atoms with Gasteiger partial charge in [-0.15, -0.1) is 0 Å². The van der Waals surface area contributed by atoms with E-state index in [9.17, 15) is 18.4 Å². The summed E-state index contributed by atoms with van der Waals surface area (Å²) in [5, 5.41) is 6.94. The van der Waals surface area contributed by atoms with Gasteiger partial charge < -0.3 is 4.74 Å². The summed E-state index contributed by atoms with van der Waals surface area (Å²) in [7, 11) is 1.91. The van der Waals surface area contributed by atoms with E-state index < -0.39 is 17.7 Å². The van der Waals surface area contributed by atoms with Crippen LogP contribution in [0.25, 0.3) is 11.3 Å². The average Bonchev–Trinajstić information content (AvgIpc) is 3.13. The topological polar surface area (TPSA) is 76.5 Å². The Balaban J connectivity index is 1.49. The number of likely N-dealkylation sites (tertiary alicyclic amines) is 1. The molecule has 1 fully saturated rings. The molecule has 4 rings (SSSR count). The van der Waals surface area contributed by atoms with Crippen LogP contribution >= 0.6 is 0 Å². The van der Waals surface area contributed by atoms with Crippen molar-refractivity contribution in [3.63, 3.8) is 0 Å². The minimum absolute atomic E-state index is 0.112. The van der Waals surface area contributed by atoms with Crippen LogP contribution in [-0.2, 0) is 11.3 Å². The van der Waals surface area contributed by atoms with E-state index in [-0.39, 0.29) is 29.6 Å². The summed E-state index contributed by atoms with van der Waals surface area (Å²) < 4.78 is 33.7. The van der Waals surface area contributed by atoms with Crippen LogP contribution in [0, 0.1) is 11.6 Å². The van der Waals surface area contributed by atoms with Crippen molar-refractivity contribution in [2.24, 2.45) is 0 Å². The molecular weight excluding hydrogens is 418 g/mol. The highest BCUT2D eigenvalue weighted by Gasteiger charge is 2.24. The van der Waals surface area contributed by atoms with E-state index in [0.29, 0.717) is 11.3 Å². The standard InChI is InChI=1S/C23H22F2N4O3/c1-28-9-3-6-22(28)32-23(31)26-19-5-2-4-15(10-19)14-29-21(30)8-7-20(27-29)16-11-17(24)13-18(25)12-16/h2,4-5,7-8,10-13,22H,3,6,9,14H2,1H3,(H,26,31).